The highest BCUT2D eigenvalue weighted by Gasteiger charge is 2.35. The predicted molar refractivity (Wildman–Crippen MR) is 90.8 cm³/mol. The van der Waals surface area contributed by atoms with E-state index in [2.05, 4.69) is 21.3 Å². The second-order valence-electron chi connectivity index (χ2n) is 7.23. The fourth-order valence-corrected chi connectivity index (χ4v) is 3.85. The summed E-state index contributed by atoms with van der Waals surface area (Å²) in [6, 6.07) is 0.220. The van der Waals surface area contributed by atoms with Crippen LogP contribution in [-0.2, 0) is 13.6 Å². The monoisotopic (exact) mass is 327 g/mol. The molecule has 1 unspecified atom stereocenters. The smallest absolute Gasteiger partial charge is 0.257 e. The SMILES string of the molecule is Cc1cnn(CC2CCCCN2C(=O)c2cnn(C)c2C2CC2)c1. The molecule has 2 aliphatic rings. The van der Waals surface area contributed by atoms with Crippen molar-refractivity contribution in [2.24, 2.45) is 7.05 Å². The van der Waals surface area contributed by atoms with Crippen LogP contribution in [0.5, 0.6) is 0 Å². The van der Waals surface area contributed by atoms with Gasteiger partial charge in [-0.2, -0.15) is 10.2 Å². The van der Waals surface area contributed by atoms with Crippen LogP contribution in [0.25, 0.3) is 0 Å². The van der Waals surface area contributed by atoms with E-state index in [1.54, 1.807) is 6.20 Å². The van der Waals surface area contributed by atoms with Gasteiger partial charge in [0.05, 0.1) is 36.2 Å². The molecule has 24 heavy (non-hydrogen) atoms. The lowest BCUT2D eigenvalue weighted by Gasteiger charge is -2.35. The van der Waals surface area contributed by atoms with Crippen molar-refractivity contribution in [2.45, 2.75) is 57.5 Å². The number of likely N-dealkylation sites (tertiary alicyclic amines) is 1. The lowest BCUT2D eigenvalue weighted by atomic mass is 10.0. The summed E-state index contributed by atoms with van der Waals surface area (Å²) in [5.74, 6) is 0.673. The fraction of sp³-hybridized carbons (Fsp3) is 0.611. The van der Waals surface area contributed by atoms with Crippen LogP contribution in [0.2, 0.25) is 0 Å². The highest BCUT2D eigenvalue weighted by atomic mass is 16.2. The third kappa shape index (κ3) is 2.85. The molecule has 0 radical (unpaired) electrons. The van der Waals surface area contributed by atoms with Crippen LogP contribution in [0.3, 0.4) is 0 Å². The summed E-state index contributed by atoms with van der Waals surface area (Å²) in [5, 5.41) is 8.76. The first-order valence-electron chi connectivity index (χ1n) is 8.95. The number of amides is 1. The van der Waals surface area contributed by atoms with Gasteiger partial charge in [-0.1, -0.05) is 0 Å². The van der Waals surface area contributed by atoms with Crippen molar-refractivity contribution < 1.29 is 4.79 Å². The third-order valence-electron chi connectivity index (χ3n) is 5.23. The molecule has 2 aromatic heterocycles. The Balaban J connectivity index is 1.57. The largest absolute Gasteiger partial charge is 0.334 e. The first kappa shape index (κ1) is 15.4. The van der Waals surface area contributed by atoms with Crippen molar-refractivity contribution in [3.63, 3.8) is 0 Å². The quantitative estimate of drug-likeness (QED) is 0.867. The summed E-state index contributed by atoms with van der Waals surface area (Å²) in [6.07, 6.45) is 11.4. The number of aromatic nitrogens is 4. The van der Waals surface area contributed by atoms with Crippen LogP contribution in [0.1, 0.15) is 59.6 Å². The number of carbonyl (C=O) groups is 1. The van der Waals surface area contributed by atoms with Crippen LogP contribution in [0, 0.1) is 6.92 Å². The molecule has 1 saturated carbocycles. The van der Waals surface area contributed by atoms with Gasteiger partial charge in [0, 0.05) is 25.7 Å². The molecule has 1 aliphatic heterocycles. The Morgan fingerprint density at radius 3 is 2.75 bits per heavy atom. The minimum absolute atomic E-state index is 0.151. The van der Waals surface area contributed by atoms with E-state index >= 15 is 0 Å². The molecule has 4 rings (SSSR count). The van der Waals surface area contributed by atoms with Gasteiger partial charge in [-0.25, -0.2) is 0 Å². The molecular formula is C18H25N5O. The molecule has 0 aromatic carbocycles. The standard InChI is InChI=1S/C18H25N5O/c1-13-9-20-22(11-13)12-15-5-3-4-8-23(15)18(24)16-10-19-21(2)17(16)14-6-7-14/h9-11,14-15H,3-8,12H2,1-2H3. The molecule has 1 saturated heterocycles. The number of piperidine rings is 1. The molecule has 1 aliphatic carbocycles. The summed E-state index contributed by atoms with van der Waals surface area (Å²) in [4.78, 5) is 15.3. The average Bonchev–Trinajstić information content (AvgIpc) is 3.22. The zero-order chi connectivity index (χ0) is 16.7. The summed E-state index contributed by atoms with van der Waals surface area (Å²) in [5.41, 5.74) is 3.09. The second-order valence-corrected chi connectivity index (χ2v) is 7.23. The molecule has 0 N–H and O–H groups in total. The molecule has 2 fully saturated rings. The van der Waals surface area contributed by atoms with Crippen LogP contribution < -0.4 is 0 Å². The van der Waals surface area contributed by atoms with E-state index in [0.717, 1.165) is 42.8 Å². The Hall–Kier alpha value is -2.11. The lowest BCUT2D eigenvalue weighted by Crippen LogP contribution is -2.46. The summed E-state index contributed by atoms with van der Waals surface area (Å²) >= 11 is 0. The highest BCUT2D eigenvalue weighted by molar-refractivity contribution is 5.95. The minimum Gasteiger partial charge on any atom is -0.334 e. The third-order valence-corrected chi connectivity index (χ3v) is 5.23. The molecule has 1 amide bonds. The van der Waals surface area contributed by atoms with Crippen LogP contribution in [0.15, 0.2) is 18.6 Å². The summed E-state index contributed by atoms with van der Waals surface area (Å²) in [7, 11) is 1.95. The number of hydrogen-bond donors (Lipinski definition) is 0. The maximum atomic E-state index is 13.2. The molecule has 6 heteroatoms. The zero-order valence-electron chi connectivity index (χ0n) is 14.5. The molecule has 0 bridgehead atoms. The summed E-state index contributed by atoms with van der Waals surface area (Å²) < 4.78 is 3.86. The Morgan fingerprint density at radius 2 is 2.04 bits per heavy atom. The maximum absolute atomic E-state index is 13.2. The lowest BCUT2D eigenvalue weighted by molar-refractivity contribution is 0.0582. The van der Waals surface area contributed by atoms with Gasteiger partial charge in [-0.15, -0.1) is 0 Å². The second kappa shape index (κ2) is 6.07. The van der Waals surface area contributed by atoms with Gasteiger partial charge in [0.15, 0.2) is 0 Å². The van der Waals surface area contributed by atoms with Crippen molar-refractivity contribution in [1.29, 1.82) is 0 Å². The number of nitrogens with zero attached hydrogens (tertiary/aromatic N) is 5. The Kier molecular flexibility index (Phi) is 3.90. The van der Waals surface area contributed by atoms with Crippen molar-refractivity contribution in [3.05, 3.63) is 35.4 Å². The van der Waals surface area contributed by atoms with E-state index in [1.165, 1.54) is 19.3 Å². The molecule has 3 heterocycles. The first-order valence-corrected chi connectivity index (χ1v) is 8.95. The van der Waals surface area contributed by atoms with Gasteiger partial charge in [-0.05, 0) is 44.6 Å². The van der Waals surface area contributed by atoms with Gasteiger partial charge in [0.25, 0.3) is 5.91 Å². The molecule has 0 spiro atoms. The molecular weight excluding hydrogens is 302 g/mol. The van der Waals surface area contributed by atoms with Gasteiger partial charge in [0.2, 0.25) is 0 Å². The first-order chi connectivity index (χ1) is 11.6. The topological polar surface area (TPSA) is 56.0 Å². The fourth-order valence-electron chi connectivity index (χ4n) is 3.85. The predicted octanol–water partition coefficient (Wildman–Crippen LogP) is 2.50. The molecule has 1 atom stereocenters. The van der Waals surface area contributed by atoms with E-state index in [0.29, 0.717) is 5.92 Å². The summed E-state index contributed by atoms with van der Waals surface area (Å²) in [6.45, 7) is 3.66. The normalized spacial score (nSPS) is 21.2. The Morgan fingerprint density at radius 1 is 1.21 bits per heavy atom. The average molecular weight is 327 g/mol. The molecule has 6 nitrogen and oxygen atoms in total. The van der Waals surface area contributed by atoms with Crippen LogP contribution >= 0.6 is 0 Å². The van der Waals surface area contributed by atoms with E-state index in [1.807, 2.05) is 29.5 Å². The van der Waals surface area contributed by atoms with E-state index < -0.39 is 0 Å². The van der Waals surface area contributed by atoms with Crippen LogP contribution in [0.4, 0.5) is 0 Å². The molecule has 128 valence electrons. The van der Waals surface area contributed by atoms with Crippen molar-refractivity contribution >= 4 is 5.91 Å². The number of hydrogen-bond acceptors (Lipinski definition) is 3. The Labute approximate surface area is 142 Å². The number of rotatable bonds is 4. The van der Waals surface area contributed by atoms with Gasteiger partial charge in [-0.3, -0.25) is 14.2 Å². The minimum atomic E-state index is 0.151. The highest BCUT2D eigenvalue weighted by Crippen LogP contribution is 2.41. The van der Waals surface area contributed by atoms with E-state index in [-0.39, 0.29) is 11.9 Å². The number of carbonyl (C=O) groups excluding carboxylic acids is 1. The van der Waals surface area contributed by atoms with Gasteiger partial charge < -0.3 is 4.90 Å². The van der Waals surface area contributed by atoms with Gasteiger partial charge in [0.1, 0.15) is 0 Å². The number of aryl methyl sites for hydroxylation is 2. The zero-order valence-corrected chi connectivity index (χ0v) is 14.5. The van der Waals surface area contributed by atoms with Crippen molar-refractivity contribution in [3.8, 4) is 0 Å². The Bertz CT molecular complexity index is 742. The van der Waals surface area contributed by atoms with Gasteiger partial charge >= 0.3 is 0 Å². The van der Waals surface area contributed by atoms with E-state index in [9.17, 15) is 4.79 Å². The van der Waals surface area contributed by atoms with Crippen molar-refractivity contribution in [1.82, 2.24) is 24.5 Å². The molecule has 2 aromatic rings. The van der Waals surface area contributed by atoms with Crippen LogP contribution in [-0.4, -0.2) is 43.0 Å². The maximum Gasteiger partial charge on any atom is 0.257 e. The van der Waals surface area contributed by atoms with Crippen molar-refractivity contribution in [2.75, 3.05) is 6.54 Å². The van der Waals surface area contributed by atoms with E-state index in [4.69, 9.17) is 0 Å².